The number of amides is 1. The van der Waals surface area contributed by atoms with Crippen molar-refractivity contribution in [3.05, 3.63) is 72.1 Å². The Bertz CT molecular complexity index is 959. The molecule has 2 aromatic carbocycles. The molecule has 0 aliphatic carbocycles. The van der Waals surface area contributed by atoms with E-state index >= 15 is 0 Å². The van der Waals surface area contributed by atoms with Crippen molar-refractivity contribution in [1.82, 2.24) is 14.9 Å². The van der Waals surface area contributed by atoms with Crippen LogP contribution in [-0.4, -0.2) is 28.6 Å². The van der Waals surface area contributed by atoms with Gasteiger partial charge in [0, 0.05) is 19.5 Å². The van der Waals surface area contributed by atoms with Crippen LogP contribution in [0.3, 0.4) is 0 Å². The van der Waals surface area contributed by atoms with Gasteiger partial charge in [-0.05, 0) is 50.1 Å². The smallest absolute Gasteiger partial charge is 0.243 e. The number of aryl methyl sites for hydroxylation is 2. The number of hydrogen-bond donors (Lipinski definition) is 1. The second-order valence-corrected chi connectivity index (χ2v) is 6.68. The molecule has 5 nitrogen and oxygen atoms in total. The summed E-state index contributed by atoms with van der Waals surface area (Å²) in [7, 11) is 0. The Morgan fingerprint density at radius 3 is 2.79 bits per heavy atom. The number of hydrogen-bond acceptors (Lipinski definition) is 3. The lowest BCUT2D eigenvalue weighted by atomic mass is 10.2. The van der Waals surface area contributed by atoms with E-state index in [1.54, 1.807) is 6.08 Å². The van der Waals surface area contributed by atoms with Crippen LogP contribution in [0, 0.1) is 6.92 Å². The fraction of sp³-hybridized carbons (Fsp3) is 0.304. The Morgan fingerprint density at radius 2 is 1.96 bits per heavy atom. The summed E-state index contributed by atoms with van der Waals surface area (Å²) in [6.45, 7) is 5.92. The summed E-state index contributed by atoms with van der Waals surface area (Å²) < 4.78 is 8.16. The Balaban J connectivity index is 1.63. The first-order valence-electron chi connectivity index (χ1n) is 9.72. The highest BCUT2D eigenvalue weighted by molar-refractivity contribution is 5.87. The van der Waals surface area contributed by atoms with Gasteiger partial charge in [0.05, 0.1) is 17.6 Å². The molecule has 0 radical (unpaired) electrons. The average Bonchev–Trinajstić information content (AvgIpc) is 3.04. The molecule has 3 rings (SSSR count). The van der Waals surface area contributed by atoms with Gasteiger partial charge in [-0.25, -0.2) is 4.98 Å². The standard InChI is InChI=1S/C23H27N3O2/c1-3-9-23(27)24-15-14-22-25-19-11-5-6-12-20(19)26(22)16-8-17-28-21-13-7-4-10-18(21)2/h3-7,9-13H,8,14-17H2,1-2H3,(H,24,27)/b9-3+. The number of ether oxygens (including phenoxy) is 1. The first-order valence-corrected chi connectivity index (χ1v) is 9.72. The number of benzene rings is 2. The van der Waals surface area contributed by atoms with Gasteiger partial charge in [-0.15, -0.1) is 0 Å². The number of nitrogens with zero attached hydrogens (tertiary/aromatic N) is 2. The van der Waals surface area contributed by atoms with Crippen molar-refractivity contribution in [2.24, 2.45) is 0 Å². The molecule has 0 atom stereocenters. The molecule has 1 N–H and O–H groups in total. The molecule has 1 amide bonds. The van der Waals surface area contributed by atoms with Gasteiger partial charge in [-0.3, -0.25) is 4.79 Å². The normalized spacial score (nSPS) is 11.2. The van der Waals surface area contributed by atoms with Gasteiger partial charge in [0.1, 0.15) is 11.6 Å². The van der Waals surface area contributed by atoms with E-state index in [1.807, 2.05) is 43.3 Å². The minimum Gasteiger partial charge on any atom is -0.493 e. The number of aromatic nitrogens is 2. The lowest BCUT2D eigenvalue weighted by molar-refractivity contribution is -0.116. The highest BCUT2D eigenvalue weighted by Gasteiger charge is 2.10. The zero-order chi connectivity index (χ0) is 19.8. The Hall–Kier alpha value is -3.08. The number of fused-ring (bicyclic) bond motifs is 1. The summed E-state index contributed by atoms with van der Waals surface area (Å²) in [5.74, 6) is 1.85. The lowest BCUT2D eigenvalue weighted by Gasteiger charge is -2.12. The molecule has 0 saturated carbocycles. The number of carbonyl (C=O) groups is 1. The lowest BCUT2D eigenvalue weighted by Crippen LogP contribution is -2.24. The topological polar surface area (TPSA) is 56.2 Å². The van der Waals surface area contributed by atoms with Crippen molar-refractivity contribution in [3.63, 3.8) is 0 Å². The minimum atomic E-state index is -0.0724. The van der Waals surface area contributed by atoms with Gasteiger partial charge in [0.25, 0.3) is 0 Å². The Labute approximate surface area is 166 Å². The second kappa shape index (κ2) is 9.74. The van der Waals surface area contributed by atoms with Crippen LogP contribution in [0.4, 0.5) is 0 Å². The zero-order valence-corrected chi connectivity index (χ0v) is 16.5. The van der Waals surface area contributed by atoms with Crippen LogP contribution in [0.25, 0.3) is 11.0 Å². The summed E-state index contributed by atoms with van der Waals surface area (Å²) in [5.41, 5.74) is 3.25. The van der Waals surface area contributed by atoms with Gasteiger partial charge in [-0.2, -0.15) is 0 Å². The van der Waals surface area contributed by atoms with Crippen LogP contribution < -0.4 is 10.1 Å². The molecule has 0 bridgehead atoms. The third-order valence-corrected chi connectivity index (χ3v) is 4.58. The van der Waals surface area contributed by atoms with E-state index in [9.17, 15) is 4.79 Å². The number of carbonyl (C=O) groups excluding carboxylic acids is 1. The molecule has 0 unspecified atom stereocenters. The van der Waals surface area contributed by atoms with E-state index in [0.717, 1.165) is 41.1 Å². The van der Waals surface area contributed by atoms with Gasteiger partial charge in [-0.1, -0.05) is 36.4 Å². The van der Waals surface area contributed by atoms with Crippen molar-refractivity contribution in [1.29, 1.82) is 0 Å². The van der Waals surface area contributed by atoms with Gasteiger partial charge < -0.3 is 14.6 Å². The summed E-state index contributed by atoms with van der Waals surface area (Å²) in [4.78, 5) is 16.4. The zero-order valence-electron chi connectivity index (χ0n) is 16.5. The van der Waals surface area contributed by atoms with E-state index in [1.165, 1.54) is 6.08 Å². The third kappa shape index (κ3) is 5.00. The fourth-order valence-electron chi connectivity index (χ4n) is 3.20. The number of allylic oxidation sites excluding steroid dienone is 1. The van der Waals surface area contributed by atoms with E-state index in [-0.39, 0.29) is 5.91 Å². The summed E-state index contributed by atoms with van der Waals surface area (Å²) >= 11 is 0. The van der Waals surface area contributed by atoms with Crippen molar-refractivity contribution < 1.29 is 9.53 Å². The summed E-state index contributed by atoms with van der Waals surface area (Å²) in [5, 5.41) is 2.89. The molecule has 0 fully saturated rings. The first kappa shape index (κ1) is 19.7. The molecule has 146 valence electrons. The van der Waals surface area contributed by atoms with Crippen LogP contribution in [0.2, 0.25) is 0 Å². The van der Waals surface area contributed by atoms with Crippen molar-refractivity contribution in [3.8, 4) is 5.75 Å². The highest BCUT2D eigenvalue weighted by atomic mass is 16.5. The molecule has 0 saturated heterocycles. The maximum Gasteiger partial charge on any atom is 0.243 e. The predicted octanol–water partition coefficient (Wildman–Crippen LogP) is 4.05. The fourth-order valence-corrected chi connectivity index (χ4v) is 3.20. The van der Waals surface area contributed by atoms with Crippen molar-refractivity contribution >= 4 is 16.9 Å². The largest absolute Gasteiger partial charge is 0.493 e. The van der Waals surface area contributed by atoms with E-state index in [2.05, 4.69) is 28.9 Å². The molecule has 0 aliphatic rings. The number of para-hydroxylation sites is 3. The van der Waals surface area contributed by atoms with Gasteiger partial charge in [0.2, 0.25) is 5.91 Å². The highest BCUT2D eigenvalue weighted by Crippen LogP contribution is 2.19. The minimum absolute atomic E-state index is 0.0724. The molecule has 5 heteroatoms. The molecule has 0 aliphatic heterocycles. The van der Waals surface area contributed by atoms with Crippen molar-refractivity contribution in [2.45, 2.75) is 33.2 Å². The Kier molecular flexibility index (Phi) is 6.84. The number of nitrogens with one attached hydrogen (secondary N) is 1. The van der Waals surface area contributed by atoms with Crippen LogP contribution in [0.5, 0.6) is 5.75 Å². The molecule has 0 spiro atoms. The van der Waals surface area contributed by atoms with Crippen molar-refractivity contribution in [2.75, 3.05) is 13.2 Å². The van der Waals surface area contributed by atoms with E-state index in [0.29, 0.717) is 19.6 Å². The molecule has 3 aromatic rings. The Morgan fingerprint density at radius 1 is 1.18 bits per heavy atom. The molecular weight excluding hydrogens is 350 g/mol. The van der Waals surface area contributed by atoms with E-state index in [4.69, 9.17) is 9.72 Å². The van der Waals surface area contributed by atoms with Crippen LogP contribution in [-0.2, 0) is 17.8 Å². The maximum absolute atomic E-state index is 11.6. The quantitative estimate of drug-likeness (QED) is 0.452. The first-order chi connectivity index (χ1) is 13.7. The van der Waals surface area contributed by atoms with Gasteiger partial charge >= 0.3 is 0 Å². The molecule has 1 heterocycles. The molecule has 28 heavy (non-hydrogen) atoms. The maximum atomic E-state index is 11.6. The van der Waals surface area contributed by atoms with E-state index < -0.39 is 0 Å². The van der Waals surface area contributed by atoms with Gasteiger partial charge in [0.15, 0.2) is 0 Å². The monoisotopic (exact) mass is 377 g/mol. The number of imidazole rings is 1. The van der Waals surface area contributed by atoms with Crippen LogP contribution in [0.15, 0.2) is 60.7 Å². The molecule has 1 aromatic heterocycles. The predicted molar refractivity (Wildman–Crippen MR) is 113 cm³/mol. The summed E-state index contributed by atoms with van der Waals surface area (Å²) in [6.07, 6.45) is 4.84. The van der Waals surface area contributed by atoms with Crippen LogP contribution in [0.1, 0.15) is 24.7 Å². The summed E-state index contributed by atoms with van der Waals surface area (Å²) in [6, 6.07) is 16.2. The SMILES string of the molecule is C/C=C/C(=O)NCCc1nc2ccccc2n1CCCOc1ccccc1C. The number of rotatable bonds is 9. The second-order valence-electron chi connectivity index (χ2n) is 6.68. The third-order valence-electron chi connectivity index (χ3n) is 4.58. The van der Waals surface area contributed by atoms with Crippen LogP contribution >= 0.6 is 0 Å². The molecular formula is C23H27N3O2. The average molecular weight is 377 g/mol.